The molecule has 0 bridgehead atoms. The zero-order chi connectivity index (χ0) is 14.1. The first kappa shape index (κ1) is 12.8. The Balaban J connectivity index is 1.91. The number of amides is 1. The van der Waals surface area contributed by atoms with Crippen molar-refractivity contribution in [2.75, 3.05) is 5.32 Å². The number of carbonyl (C=O) groups is 1. The standard InChI is InChI=1S/C14H10FN3OS/c15-12-9(4-2-6-17-12)13(19)18-14-10(7-16)8-3-1-5-11(8)20-14/h2,4,6H,1,3,5H2,(H,18,19). The van der Waals surface area contributed by atoms with Crippen molar-refractivity contribution in [2.24, 2.45) is 0 Å². The molecule has 0 aromatic carbocycles. The molecule has 1 amide bonds. The highest BCUT2D eigenvalue weighted by Crippen LogP contribution is 2.38. The van der Waals surface area contributed by atoms with Gasteiger partial charge >= 0.3 is 0 Å². The van der Waals surface area contributed by atoms with E-state index in [1.165, 1.54) is 29.7 Å². The highest BCUT2D eigenvalue weighted by Gasteiger charge is 2.24. The first-order valence-corrected chi connectivity index (χ1v) is 6.99. The Kier molecular flexibility index (Phi) is 3.20. The third-order valence-corrected chi connectivity index (χ3v) is 4.47. The number of pyridine rings is 1. The molecule has 0 aliphatic heterocycles. The molecule has 0 unspecified atom stereocenters. The molecule has 0 saturated carbocycles. The van der Waals surface area contributed by atoms with Gasteiger partial charge in [-0.1, -0.05) is 0 Å². The Hall–Kier alpha value is -2.26. The van der Waals surface area contributed by atoms with Gasteiger partial charge in [0.2, 0.25) is 5.95 Å². The number of halogens is 1. The lowest BCUT2D eigenvalue weighted by atomic mass is 10.1. The maximum Gasteiger partial charge on any atom is 0.260 e. The van der Waals surface area contributed by atoms with Crippen molar-refractivity contribution < 1.29 is 9.18 Å². The summed E-state index contributed by atoms with van der Waals surface area (Å²) in [6.45, 7) is 0. The van der Waals surface area contributed by atoms with E-state index in [0.717, 1.165) is 29.7 Å². The lowest BCUT2D eigenvalue weighted by molar-refractivity contribution is 0.102. The minimum Gasteiger partial charge on any atom is -0.312 e. The van der Waals surface area contributed by atoms with Crippen molar-refractivity contribution in [3.63, 3.8) is 0 Å². The Morgan fingerprint density at radius 2 is 2.35 bits per heavy atom. The summed E-state index contributed by atoms with van der Waals surface area (Å²) in [5, 5.41) is 12.4. The maximum absolute atomic E-state index is 13.5. The molecule has 1 aliphatic carbocycles. The number of hydrogen-bond acceptors (Lipinski definition) is 4. The molecule has 20 heavy (non-hydrogen) atoms. The lowest BCUT2D eigenvalue weighted by Crippen LogP contribution is -2.14. The maximum atomic E-state index is 13.5. The highest BCUT2D eigenvalue weighted by molar-refractivity contribution is 7.16. The van der Waals surface area contributed by atoms with Crippen LogP contribution in [-0.2, 0) is 12.8 Å². The molecule has 1 aliphatic rings. The SMILES string of the molecule is N#Cc1c(NC(=O)c2cccnc2F)sc2c1CCC2. The molecular formula is C14H10FN3OS. The molecule has 3 rings (SSSR count). The minimum atomic E-state index is -0.812. The predicted octanol–water partition coefficient (Wildman–Crippen LogP) is 2.89. The van der Waals surface area contributed by atoms with E-state index < -0.39 is 11.9 Å². The van der Waals surface area contributed by atoms with Gasteiger partial charge in [0.25, 0.3) is 5.91 Å². The van der Waals surface area contributed by atoms with Gasteiger partial charge in [-0.15, -0.1) is 11.3 Å². The number of hydrogen-bond donors (Lipinski definition) is 1. The predicted molar refractivity (Wildman–Crippen MR) is 73.2 cm³/mol. The summed E-state index contributed by atoms with van der Waals surface area (Å²) in [5.74, 6) is -1.39. The summed E-state index contributed by atoms with van der Waals surface area (Å²) in [6.07, 6.45) is 4.13. The van der Waals surface area contributed by atoms with Crippen molar-refractivity contribution in [1.82, 2.24) is 4.98 Å². The topological polar surface area (TPSA) is 65.8 Å². The van der Waals surface area contributed by atoms with Gasteiger partial charge in [-0.3, -0.25) is 4.79 Å². The van der Waals surface area contributed by atoms with Gasteiger partial charge in [0.15, 0.2) is 0 Å². The quantitative estimate of drug-likeness (QED) is 0.864. The zero-order valence-corrected chi connectivity index (χ0v) is 11.3. The van der Waals surface area contributed by atoms with Gasteiger partial charge in [0.1, 0.15) is 11.1 Å². The molecule has 0 fully saturated rings. The normalized spacial score (nSPS) is 12.8. The number of anilines is 1. The van der Waals surface area contributed by atoms with E-state index >= 15 is 0 Å². The van der Waals surface area contributed by atoms with Crippen LogP contribution in [0.2, 0.25) is 0 Å². The summed E-state index contributed by atoms with van der Waals surface area (Å²) < 4.78 is 13.5. The smallest absolute Gasteiger partial charge is 0.260 e. The molecule has 0 atom stereocenters. The van der Waals surface area contributed by atoms with Crippen LogP contribution in [0.5, 0.6) is 0 Å². The number of rotatable bonds is 2. The number of fused-ring (bicyclic) bond motifs is 1. The van der Waals surface area contributed by atoms with E-state index in [1.807, 2.05) is 0 Å². The van der Waals surface area contributed by atoms with Crippen LogP contribution in [0, 0.1) is 17.3 Å². The van der Waals surface area contributed by atoms with Crippen molar-refractivity contribution in [3.8, 4) is 6.07 Å². The van der Waals surface area contributed by atoms with Gasteiger partial charge in [-0.25, -0.2) is 4.98 Å². The van der Waals surface area contributed by atoms with Crippen LogP contribution in [0.3, 0.4) is 0 Å². The van der Waals surface area contributed by atoms with Crippen LogP contribution < -0.4 is 5.32 Å². The van der Waals surface area contributed by atoms with Crippen molar-refractivity contribution in [1.29, 1.82) is 5.26 Å². The fraction of sp³-hybridized carbons (Fsp3) is 0.214. The van der Waals surface area contributed by atoms with Crippen LogP contribution in [0.15, 0.2) is 18.3 Å². The summed E-state index contributed by atoms with van der Waals surface area (Å²) in [6, 6.07) is 5.00. The van der Waals surface area contributed by atoms with Crippen LogP contribution in [0.25, 0.3) is 0 Å². The van der Waals surface area contributed by atoms with E-state index in [1.54, 1.807) is 0 Å². The summed E-state index contributed by atoms with van der Waals surface area (Å²) in [5.41, 5.74) is 1.42. The van der Waals surface area contributed by atoms with Gasteiger partial charge in [0.05, 0.1) is 11.1 Å². The number of carbonyl (C=O) groups excluding carboxylic acids is 1. The third-order valence-electron chi connectivity index (χ3n) is 3.26. The second kappa shape index (κ2) is 5.02. The Labute approximate surface area is 118 Å². The molecule has 0 radical (unpaired) electrons. The molecular weight excluding hydrogens is 277 g/mol. The van der Waals surface area contributed by atoms with Crippen LogP contribution in [0.1, 0.15) is 32.8 Å². The fourth-order valence-corrected chi connectivity index (χ4v) is 3.57. The molecule has 2 aromatic rings. The number of nitrogens with one attached hydrogen (secondary N) is 1. The first-order chi connectivity index (χ1) is 9.70. The van der Waals surface area contributed by atoms with Crippen molar-refractivity contribution in [2.45, 2.75) is 19.3 Å². The van der Waals surface area contributed by atoms with E-state index in [2.05, 4.69) is 16.4 Å². The highest BCUT2D eigenvalue weighted by atomic mass is 32.1. The molecule has 0 spiro atoms. The van der Waals surface area contributed by atoms with E-state index in [4.69, 9.17) is 0 Å². The molecule has 1 N–H and O–H groups in total. The Bertz CT molecular complexity index is 733. The summed E-state index contributed by atoms with van der Waals surface area (Å²) >= 11 is 1.40. The number of nitriles is 1. The fourth-order valence-electron chi connectivity index (χ4n) is 2.34. The average Bonchev–Trinajstić information content (AvgIpc) is 2.99. The third kappa shape index (κ3) is 2.06. The summed E-state index contributed by atoms with van der Waals surface area (Å²) in [4.78, 5) is 16.6. The molecule has 0 saturated heterocycles. The molecule has 2 aromatic heterocycles. The second-order valence-electron chi connectivity index (χ2n) is 4.47. The van der Waals surface area contributed by atoms with Crippen LogP contribution in [0.4, 0.5) is 9.39 Å². The zero-order valence-electron chi connectivity index (χ0n) is 10.4. The monoisotopic (exact) mass is 287 g/mol. The number of aromatic nitrogens is 1. The lowest BCUT2D eigenvalue weighted by Gasteiger charge is -2.04. The van der Waals surface area contributed by atoms with Crippen molar-refractivity contribution >= 4 is 22.2 Å². The van der Waals surface area contributed by atoms with Crippen molar-refractivity contribution in [3.05, 3.63) is 45.8 Å². The van der Waals surface area contributed by atoms with Gasteiger partial charge in [-0.2, -0.15) is 9.65 Å². The van der Waals surface area contributed by atoms with Crippen LogP contribution >= 0.6 is 11.3 Å². The molecule has 6 heteroatoms. The van der Waals surface area contributed by atoms with E-state index in [0.29, 0.717) is 10.6 Å². The molecule has 100 valence electrons. The van der Waals surface area contributed by atoms with E-state index in [-0.39, 0.29) is 5.56 Å². The number of thiophene rings is 1. The number of aryl methyl sites for hydroxylation is 1. The Morgan fingerprint density at radius 3 is 3.10 bits per heavy atom. The van der Waals surface area contributed by atoms with Gasteiger partial charge in [-0.05, 0) is 37.0 Å². The molecule has 4 nitrogen and oxygen atoms in total. The van der Waals surface area contributed by atoms with Gasteiger partial charge in [0, 0.05) is 11.1 Å². The largest absolute Gasteiger partial charge is 0.312 e. The second-order valence-corrected chi connectivity index (χ2v) is 5.57. The first-order valence-electron chi connectivity index (χ1n) is 6.17. The Morgan fingerprint density at radius 1 is 1.50 bits per heavy atom. The average molecular weight is 287 g/mol. The molecule has 2 heterocycles. The van der Waals surface area contributed by atoms with E-state index in [9.17, 15) is 14.4 Å². The summed E-state index contributed by atoms with van der Waals surface area (Å²) in [7, 11) is 0. The minimum absolute atomic E-state index is 0.120. The number of nitrogens with zero attached hydrogens (tertiary/aromatic N) is 2. The van der Waals surface area contributed by atoms with Gasteiger partial charge < -0.3 is 5.32 Å². The van der Waals surface area contributed by atoms with Crippen LogP contribution in [-0.4, -0.2) is 10.9 Å².